The first-order chi connectivity index (χ1) is 11.2. The molecule has 0 atom stereocenters. The predicted molar refractivity (Wildman–Crippen MR) is 88.5 cm³/mol. The van der Waals surface area contributed by atoms with Crippen LogP contribution in [0.25, 0.3) is 0 Å². The molecule has 7 heteroatoms. The van der Waals surface area contributed by atoms with Gasteiger partial charge in [-0.3, -0.25) is 4.79 Å². The Bertz CT molecular complexity index is 758. The average Bonchev–Trinajstić information content (AvgIpc) is 2.97. The molecule has 1 saturated heterocycles. The molecule has 2 aromatic carbocycles. The van der Waals surface area contributed by atoms with Crippen molar-refractivity contribution in [2.75, 3.05) is 5.75 Å². The molecule has 0 radical (unpaired) electrons. The van der Waals surface area contributed by atoms with E-state index < -0.39 is 0 Å². The summed E-state index contributed by atoms with van der Waals surface area (Å²) in [5, 5.41) is 10.9. The van der Waals surface area contributed by atoms with E-state index in [4.69, 9.17) is 4.74 Å². The standard InChI is InChI=1S/C16H12FN3O2S/c17-12-3-7-14(8-4-12)22-13-5-1-11(2-6-13)9-18-20-16-19-15(21)10-23-16/h1-9H,10H2,(H,19,20,21). The van der Waals surface area contributed by atoms with Crippen LogP contribution in [0.5, 0.6) is 11.5 Å². The normalized spacial score (nSPS) is 16.0. The number of ether oxygens (including phenoxy) is 1. The molecule has 0 spiro atoms. The molecule has 5 nitrogen and oxygen atoms in total. The van der Waals surface area contributed by atoms with E-state index in [0.717, 1.165) is 5.56 Å². The zero-order valence-electron chi connectivity index (χ0n) is 11.9. The number of benzene rings is 2. The summed E-state index contributed by atoms with van der Waals surface area (Å²) in [6.07, 6.45) is 1.58. The van der Waals surface area contributed by atoms with Crippen molar-refractivity contribution in [3.05, 3.63) is 59.9 Å². The molecule has 1 amide bonds. The Kier molecular flexibility index (Phi) is 4.68. The van der Waals surface area contributed by atoms with Gasteiger partial charge in [0, 0.05) is 0 Å². The maximum absolute atomic E-state index is 12.8. The minimum Gasteiger partial charge on any atom is -0.457 e. The molecule has 1 aliphatic heterocycles. The van der Waals surface area contributed by atoms with Gasteiger partial charge in [-0.2, -0.15) is 5.10 Å². The number of amidine groups is 1. The summed E-state index contributed by atoms with van der Waals surface area (Å²) in [7, 11) is 0. The van der Waals surface area contributed by atoms with Crippen molar-refractivity contribution in [3.8, 4) is 11.5 Å². The van der Waals surface area contributed by atoms with Crippen LogP contribution in [0.2, 0.25) is 0 Å². The molecule has 1 heterocycles. The number of nitrogens with one attached hydrogen (secondary N) is 1. The molecule has 1 N–H and O–H groups in total. The van der Waals surface area contributed by atoms with Gasteiger partial charge in [0.15, 0.2) is 5.17 Å². The molecule has 1 fully saturated rings. The molecule has 0 aliphatic carbocycles. The summed E-state index contributed by atoms with van der Waals surface area (Å²) in [6.45, 7) is 0. The van der Waals surface area contributed by atoms with Crippen LogP contribution in [0.1, 0.15) is 5.56 Å². The number of nitrogens with zero attached hydrogens (tertiary/aromatic N) is 2. The summed E-state index contributed by atoms with van der Waals surface area (Å²) in [4.78, 5) is 11.0. The highest BCUT2D eigenvalue weighted by Crippen LogP contribution is 2.21. The Hall–Kier alpha value is -2.67. The van der Waals surface area contributed by atoms with Gasteiger partial charge in [0.25, 0.3) is 0 Å². The number of thioether (sulfide) groups is 1. The summed E-state index contributed by atoms with van der Waals surface area (Å²) in [5.41, 5.74) is 0.843. The predicted octanol–water partition coefficient (Wildman–Crippen LogP) is 3.17. The monoisotopic (exact) mass is 329 g/mol. The highest BCUT2D eigenvalue weighted by Gasteiger charge is 2.15. The Labute approximate surface area is 136 Å². The summed E-state index contributed by atoms with van der Waals surface area (Å²) in [6, 6.07) is 13.0. The molecule has 2 aromatic rings. The highest BCUT2D eigenvalue weighted by atomic mass is 32.2. The minimum atomic E-state index is -0.304. The molecule has 23 heavy (non-hydrogen) atoms. The molecule has 116 valence electrons. The number of carbonyl (C=O) groups excluding carboxylic acids is 1. The molecule has 3 rings (SSSR count). The van der Waals surface area contributed by atoms with Crippen LogP contribution in [0.4, 0.5) is 4.39 Å². The van der Waals surface area contributed by atoms with Crippen LogP contribution in [-0.4, -0.2) is 23.0 Å². The molecule has 0 saturated carbocycles. The maximum Gasteiger partial charge on any atom is 0.236 e. The van der Waals surface area contributed by atoms with E-state index in [1.807, 2.05) is 12.1 Å². The lowest BCUT2D eigenvalue weighted by Gasteiger charge is -2.05. The third-order valence-electron chi connectivity index (χ3n) is 2.87. The Morgan fingerprint density at radius 2 is 1.74 bits per heavy atom. The van der Waals surface area contributed by atoms with Crippen molar-refractivity contribution in [1.29, 1.82) is 0 Å². The van der Waals surface area contributed by atoms with Crippen LogP contribution in [0, 0.1) is 5.82 Å². The zero-order valence-corrected chi connectivity index (χ0v) is 12.7. The fraction of sp³-hybridized carbons (Fsp3) is 0.0625. The van der Waals surface area contributed by atoms with Crippen molar-refractivity contribution in [1.82, 2.24) is 5.32 Å². The van der Waals surface area contributed by atoms with Gasteiger partial charge in [0.1, 0.15) is 17.3 Å². The van der Waals surface area contributed by atoms with Gasteiger partial charge in [-0.15, -0.1) is 5.10 Å². The Morgan fingerprint density at radius 1 is 1.09 bits per heavy atom. The number of amides is 1. The quantitative estimate of drug-likeness (QED) is 0.692. The van der Waals surface area contributed by atoms with Gasteiger partial charge in [-0.25, -0.2) is 4.39 Å². The van der Waals surface area contributed by atoms with Gasteiger partial charge in [0.05, 0.1) is 12.0 Å². The number of halogens is 1. The van der Waals surface area contributed by atoms with Gasteiger partial charge in [0.2, 0.25) is 5.91 Å². The van der Waals surface area contributed by atoms with Crippen LogP contribution in [-0.2, 0) is 4.79 Å². The lowest BCUT2D eigenvalue weighted by atomic mass is 10.2. The van der Waals surface area contributed by atoms with Crippen molar-refractivity contribution < 1.29 is 13.9 Å². The van der Waals surface area contributed by atoms with Crippen LogP contribution >= 0.6 is 11.8 Å². The van der Waals surface area contributed by atoms with Gasteiger partial charge in [-0.1, -0.05) is 11.8 Å². The fourth-order valence-electron chi connectivity index (χ4n) is 1.79. The van der Waals surface area contributed by atoms with E-state index in [9.17, 15) is 9.18 Å². The number of rotatable bonds is 4. The molecular weight excluding hydrogens is 317 g/mol. The van der Waals surface area contributed by atoms with E-state index in [1.165, 1.54) is 23.9 Å². The van der Waals surface area contributed by atoms with Crippen LogP contribution in [0.3, 0.4) is 0 Å². The van der Waals surface area contributed by atoms with E-state index in [0.29, 0.717) is 22.4 Å². The third kappa shape index (κ3) is 4.40. The molecule has 0 unspecified atom stereocenters. The SMILES string of the molecule is O=C1CSC(=NN=Cc2ccc(Oc3ccc(F)cc3)cc2)N1. The van der Waals surface area contributed by atoms with Crippen molar-refractivity contribution in [2.24, 2.45) is 10.2 Å². The Morgan fingerprint density at radius 3 is 2.35 bits per heavy atom. The van der Waals surface area contributed by atoms with E-state index in [1.54, 1.807) is 30.5 Å². The first-order valence-electron chi connectivity index (χ1n) is 6.76. The summed E-state index contributed by atoms with van der Waals surface area (Å²) >= 11 is 1.32. The average molecular weight is 329 g/mol. The highest BCUT2D eigenvalue weighted by molar-refractivity contribution is 8.15. The molecular formula is C16H12FN3O2S. The number of hydrogen-bond acceptors (Lipinski definition) is 5. The fourth-order valence-corrected chi connectivity index (χ4v) is 2.42. The van der Waals surface area contributed by atoms with Gasteiger partial charge in [-0.05, 0) is 54.1 Å². The first kappa shape index (κ1) is 15.2. The molecule has 0 aromatic heterocycles. The van der Waals surface area contributed by atoms with Gasteiger partial charge >= 0.3 is 0 Å². The van der Waals surface area contributed by atoms with Gasteiger partial charge < -0.3 is 10.1 Å². The van der Waals surface area contributed by atoms with E-state index >= 15 is 0 Å². The number of carbonyl (C=O) groups is 1. The zero-order chi connectivity index (χ0) is 16.1. The second-order valence-electron chi connectivity index (χ2n) is 4.61. The number of hydrogen-bond donors (Lipinski definition) is 1. The van der Waals surface area contributed by atoms with E-state index in [2.05, 4.69) is 15.5 Å². The van der Waals surface area contributed by atoms with Crippen LogP contribution in [0.15, 0.2) is 58.7 Å². The summed E-state index contributed by atoms with van der Waals surface area (Å²) in [5.74, 6) is 1.21. The largest absolute Gasteiger partial charge is 0.457 e. The van der Waals surface area contributed by atoms with Crippen molar-refractivity contribution in [3.63, 3.8) is 0 Å². The second kappa shape index (κ2) is 7.06. The van der Waals surface area contributed by atoms with Crippen LogP contribution < -0.4 is 10.1 Å². The smallest absolute Gasteiger partial charge is 0.236 e. The lowest BCUT2D eigenvalue weighted by Crippen LogP contribution is -2.19. The van der Waals surface area contributed by atoms with Crippen molar-refractivity contribution >= 4 is 29.1 Å². The second-order valence-corrected chi connectivity index (χ2v) is 5.58. The first-order valence-corrected chi connectivity index (χ1v) is 7.75. The maximum atomic E-state index is 12.8. The van der Waals surface area contributed by atoms with Crippen molar-refractivity contribution in [2.45, 2.75) is 0 Å². The Balaban J connectivity index is 1.60. The lowest BCUT2D eigenvalue weighted by molar-refractivity contribution is -0.116. The third-order valence-corrected chi connectivity index (χ3v) is 3.73. The molecule has 0 bridgehead atoms. The molecule has 1 aliphatic rings. The summed E-state index contributed by atoms with van der Waals surface area (Å²) < 4.78 is 18.4. The minimum absolute atomic E-state index is 0.0637. The van der Waals surface area contributed by atoms with E-state index in [-0.39, 0.29) is 11.7 Å². The topological polar surface area (TPSA) is 63.0 Å².